The summed E-state index contributed by atoms with van der Waals surface area (Å²) in [6.45, 7) is 10.9. The molecule has 0 atom stereocenters. The summed E-state index contributed by atoms with van der Waals surface area (Å²) in [6.07, 6.45) is 0. The number of ether oxygens (including phenoxy) is 1. The quantitative estimate of drug-likeness (QED) is 0.424. The number of hydrogen-bond donors (Lipinski definition) is 1. The Hall–Kier alpha value is -2.20. The molecule has 1 saturated heterocycles. The smallest absolute Gasteiger partial charge is 0.341 e. The number of amides is 1. The van der Waals surface area contributed by atoms with Crippen molar-refractivity contribution in [3.05, 3.63) is 50.9 Å². The monoisotopic (exact) mass is 522 g/mol. The molecule has 0 radical (unpaired) electrons. The van der Waals surface area contributed by atoms with Crippen molar-refractivity contribution in [1.29, 1.82) is 0 Å². The van der Waals surface area contributed by atoms with E-state index in [1.54, 1.807) is 11.8 Å². The van der Waals surface area contributed by atoms with Crippen LogP contribution in [0.3, 0.4) is 0 Å². The standard InChI is InChI=1S/C24H31ClN4O3S2/c1-5-28(6-2)22(30)20-16(3)19(23(31)32-4)21(34-20)26-24(33)29-12-10-27(11-13-29)15-17-8-7-9-18(25)14-17/h7-9,14H,5-6,10-13,15H2,1-4H3,(H,26,33). The molecule has 1 aliphatic heterocycles. The summed E-state index contributed by atoms with van der Waals surface area (Å²) in [7, 11) is 1.34. The molecule has 1 aromatic carbocycles. The number of methoxy groups -OCH3 is 1. The molecule has 7 nitrogen and oxygen atoms in total. The van der Waals surface area contributed by atoms with Gasteiger partial charge in [0, 0.05) is 50.8 Å². The number of hydrogen-bond acceptors (Lipinski definition) is 6. The number of nitrogens with one attached hydrogen (secondary N) is 1. The summed E-state index contributed by atoms with van der Waals surface area (Å²) in [6, 6.07) is 7.91. The summed E-state index contributed by atoms with van der Waals surface area (Å²) in [4.78, 5) is 32.3. The highest BCUT2D eigenvalue weighted by molar-refractivity contribution is 7.80. The lowest BCUT2D eigenvalue weighted by atomic mass is 10.1. The Labute approximate surface area is 215 Å². The van der Waals surface area contributed by atoms with Crippen molar-refractivity contribution in [1.82, 2.24) is 14.7 Å². The Morgan fingerprint density at radius 1 is 1.21 bits per heavy atom. The number of carbonyl (C=O) groups is 2. The van der Waals surface area contributed by atoms with Crippen LogP contribution in [-0.4, -0.2) is 78.1 Å². The van der Waals surface area contributed by atoms with E-state index in [1.807, 2.05) is 32.0 Å². The normalized spacial score (nSPS) is 14.1. The third kappa shape index (κ3) is 6.07. The highest BCUT2D eigenvalue weighted by atomic mass is 35.5. The fraction of sp³-hybridized carbons (Fsp3) is 0.458. The van der Waals surface area contributed by atoms with Crippen LogP contribution in [0.15, 0.2) is 24.3 Å². The molecule has 0 saturated carbocycles. The lowest BCUT2D eigenvalue weighted by molar-refractivity contribution is 0.0601. The fourth-order valence-electron chi connectivity index (χ4n) is 3.99. The summed E-state index contributed by atoms with van der Waals surface area (Å²) >= 11 is 13.0. The van der Waals surface area contributed by atoms with Crippen LogP contribution in [0.1, 0.15) is 45.0 Å². The Morgan fingerprint density at radius 3 is 2.47 bits per heavy atom. The van der Waals surface area contributed by atoms with Gasteiger partial charge < -0.3 is 19.9 Å². The first kappa shape index (κ1) is 26.4. The molecule has 0 bridgehead atoms. The van der Waals surface area contributed by atoms with Crippen molar-refractivity contribution in [3.8, 4) is 0 Å². The molecule has 2 aromatic rings. The van der Waals surface area contributed by atoms with E-state index < -0.39 is 5.97 Å². The number of halogens is 1. The number of thiophene rings is 1. The van der Waals surface area contributed by atoms with E-state index in [0.29, 0.717) is 39.2 Å². The number of benzene rings is 1. The minimum Gasteiger partial charge on any atom is -0.465 e. The highest BCUT2D eigenvalue weighted by Crippen LogP contribution is 2.35. The SMILES string of the molecule is CCN(CC)C(=O)c1sc(NC(=S)N2CCN(Cc3cccc(Cl)c3)CC2)c(C(=O)OC)c1C. The van der Waals surface area contributed by atoms with Gasteiger partial charge in [-0.1, -0.05) is 23.7 Å². The summed E-state index contributed by atoms with van der Waals surface area (Å²) in [5.74, 6) is -0.574. The predicted molar refractivity (Wildman–Crippen MR) is 142 cm³/mol. The molecule has 2 heterocycles. The van der Waals surface area contributed by atoms with Crippen LogP contribution in [0.2, 0.25) is 5.02 Å². The Bertz CT molecular complexity index is 1050. The molecule has 1 aliphatic rings. The second-order valence-corrected chi connectivity index (χ2v) is 9.90. The first-order valence-electron chi connectivity index (χ1n) is 11.3. The molecule has 0 aliphatic carbocycles. The van der Waals surface area contributed by atoms with Gasteiger partial charge in [0.05, 0.1) is 17.6 Å². The molecule has 1 N–H and O–H groups in total. The van der Waals surface area contributed by atoms with E-state index in [4.69, 9.17) is 28.6 Å². The van der Waals surface area contributed by atoms with Gasteiger partial charge in [-0.2, -0.15) is 0 Å². The third-order valence-corrected chi connectivity index (χ3v) is 7.75. The van der Waals surface area contributed by atoms with Crippen molar-refractivity contribution in [2.24, 2.45) is 0 Å². The fourth-order valence-corrected chi connectivity index (χ4v) is 5.71. The van der Waals surface area contributed by atoms with Crippen molar-refractivity contribution in [3.63, 3.8) is 0 Å². The molecule has 0 spiro atoms. The van der Waals surface area contributed by atoms with E-state index in [-0.39, 0.29) is 5.91 Å². The number of piperazine rings is 1. The van der Waals surface area contributed by atoms with E-state index >= 15 is 0 Å². The zero-order valence-electron chi connectivity index (χ0n) is 20.0. The highest BCUT2D eigenvalue weighted by Gasteiger charge is 2.28. The van der Waals surface area contributed by atoms with Crippen LogP contribution in [0.4, 0.5) is 5.00 Å². The van der Waals surface area contributed by atoms with Gasteiger partial charge in [0.2, 0.25) is 0 Å². The number of carbonyl (C=O) groups excluding carboxylic acids is 2. The number of thiocarbonyl (C=S) groups is 1. The van der Waals surface area contributed by atoms with Crippen LogP contribution in [0.25, 0.3) is 0 Å². The molecular weight excluding hydrogens is 492 g/mol. The van der Waals surface area contributed by atoms with Crippen molar-refractivity contribution < 1.29 is 14.3 Å². The van der Waals surface area contributed by atoms with Crippen LogP contribution in [0, 0.1) is 6.92 Å². The number of rotatable bonds is 7. The van der Waals surface area contributed by atoms with E-state index in [9.17, 15) is 9.59 Å². The number of nitrogens with zero attached hydrogens (tertiary/aromatic N) is 3. The largest absolute Gasteiger partial charge is 0.465 e. The maximum absolute atomic E-state index is 13.0. The number of anilines is 1. The molecule has 184 valence electrons. The molecule has 1 aromatic heterocycles. The van der Waals surface area contributed by atoms with Crippen molar-refractivity contribution in [2.75, 3.05) is 51.7 Å². The van der Waals surface area contributed by atoms with Crippen LogP contribution in [-0.2, 0) is 11.3 Å². The molecule has 3 rings (SSSR count). The average molecular weight is 523 g/mol. The lowest BCUT2D eigenvalue weighted by Gasteiger charge is -2.36. The second-order valence-electron chi connectivity index (χ2n) is 8.05. The van der Waals surface area contributed by atoms with Crippen molar-refractivity contribution >= 4 is 57.1 Å². The van der Waals surface area contributed by atoms with Gasteiger partial charge in [-0.25, -0.2) is 4.79 Å². The first-order chi connectivity index (χ1) is 16.3. The molecule has 34 heavy (non-hydrogen) atoms. The minimum atomic E-state index is -0.482. The Kier molecular flexibility index (Phi) is 9.30. The van der Waals surface area contributed by atoms with Crippen molar-refractivity contribution in [2.45, 2.75) is 27.3 Å². The van der Waals surface area contributed by atoms with Crippen LogP contribution < -0.4 is 5.32 Å². The number of esters is 1. The average Bonchev–Trinajstić information content (AvgIpc) is 3.15. The van der Waals surface area contributed by atoms with E-state index in [2.05, 4.69) is 21.2 Å². The molecule has 1 fully saturated rings. The topological polar surface area (TPSA) is 65.1 Å². The predicted octanol–water partition coefficient (Wildman–Crippen LogP) is 4.49. The third-order valence-electron chi connectivity index (χ3n) is 5.96. The Balaban J connectivity index is 1.70. The van der Waals surface area contributed by atoms with Gasteiger partial charge >= 0.3 is 5.97 Å². The zero-order valence-corrected chi connectivity index (χ0v) is 22.4. The molecule has 10 heteroatoms. The minimum absolute atomic E-state index is 0.0914. The zero-order chi connectivity index (χ0) is 24.8. The van der Waals surface area contributed by atoms with E-state index in [1.165, 1.54) is 24.0 Å². The van der Waals surface area contributed by atoms with Gasteiger partial charge in [-0.05, 0) is 56.2 Å². The van der Waals surface area contributed by atoms with Crippen LogP contribution >= 0.6 is 35.2 Å². The van der Waals surface area contributed by atoms with Gasteiger partial charge in [0.25, 0.3) is 5.91 Å². The summed E-state index contributed by atoms with van der Waals surface area (Å²) < 4.78 is 5.00. The van der Waals surface area contributed by atoms with Gasteiger partial charge in [-0.15, -0.1) is 11.3 Å². The van der Waals surface area contributed by atoms with Gasteiger partial charge in [-0.3, -0.25) is 9.69 Å². The summed E-state index contributed by atoms with van der Waals surface area (Å²) in [5, 5.41) is 5.06. The Morgan fingerprint density at radius 2 is 1.88 bits per heavy atom. The van der Waals surface area contributed by atoms with Crippen LogP contribution in [0.5, 0.6) is 0 Å². The van der Waals surface area contributed by atoms with E-state index in [0.717, 1.165) is 37.7 Å². The van der Waals surface area contributed by atoms with Gasteiger partial charge in [0.15, 0.2) is 5.11 Å². The second kappa shape index (κ2) is 12.0. The molecule has 1 amide bonds. The lowest BCUT2D eigenvalue weighted by Crippen LogP contribution is -2.49. The van der Waals surface area contributed by atoms with Gasteiger partial charge in [0.1, 0.15) is 5.00 Å². The molecule has 0 unspecified atom stereocenters. The molecular formula is C24H31ClN4O3S2. The maximum Gasteiger partial charge on any atom is 0.341 e. The maximum atomic E-state index is 13.0. The summed E-state index contributed by atoms with van der Waals surface area (Å²) in [5.41, 5.74) is 2.17. The first-order valence-corrected chi connectivity index (χ1v) is 12.9.